The van der Waals surface area contributed by atoms with E-state index in [9.17, 15) is 4.79 Å². The lowest BCUT2D eigenvalue weighted by molar-refractivity contribution is -0.132. The van der Waals surface area contributed by atoms with Crippen molar-refractivity contribution in [1.29, 1.82) is 0 Å². The van der Waals surface area contributed by atoms with Crippen LogP contribution in [0.4, 0.5) is 0 Å². The average molecular weight is 473 g/mol. The first-order valence-electron chi connectivity index (χ1n) is 13.9. The number of hydrogen-bond acceptors (Lipinski definition) is 2. The monoisotopic (exact) mass is 472 g/mol. The van der Waals surface area contributed by atoms with Crippen molar-refractivity contribution in [3.05, 3.63) is 12.2 Å². The van der Waals surface area contributed by atoms with Gasteiger partial charge in [0.1, 0.15) is 0 Å². The normalized spacial score (nSPS) is 11.2. The Hall–Kier alpha value is -0.400. The van der Waals surface area contributed by atoms with Crippen molar-refractivity contribution in [3.63, 3.8) is 0 Å². The van der Waals surface area contributed by atoms with Gasteiger partial charge in [0.25, 0.3) is 0 Å². The van der Waals surface area contributed by atoms with Gasteiger partial charge in [-0.3, -0.25) is 0 Å². The van der Waals surface area contributed by atoms with Gasteiger partial charge in [-0.15, -0.1) is 0 Å². The molecular formula is C28H59NO2P+. The Kier molecular flexibility index (Phi) is 26.6. The van der Waals surface area contributed by atoms with E-state index in [2.05, 4.69) is 27.4 Å². The molecule has 0 aromatic rings. The van der Waals surface area contributed by atoms with Gasteiger partial charge in [-0.25, -0.2) is 10.3 Å². The van der Waals surface area contributed by atoms with Crippen molar-refractivity contribution in [2.75, 3.05) is 18.5 Å². The van der Waals surface area contributed by atoms with Crippen LogP contribution in [-0.4, -0.2) is 29.6 Å². The van der Waals surface area contributed by atoms with Crippen molar-refractivity contribution < 1.29 is 9.90 Å². The molecule has 0 aromatic carbocycles. The molecule has 0 atom stereocenters. The maximum absolute atomic E-state index is 9.60. The first kappa shape index (κ1) is 33.8. The van der Waals surface area contributed by atoms with E-state index in [-0.39, 0.29) is 5.57 Å². The molecule has 0 spiro atoms. The Balaban J connectivity index is 0. The number of carboxylic acid groups (broad SMARTS) is 1. The van der Waals surface area contributed by atoms with Gasteiger partial charge in [0, 0.05) is 5.57 Å². The van der Waals surface area contributed by atoms with Crippen LogP contribution in [0.2, 0.25) is 0 Å². The smallest absolute Gasteiger partial charge is 0.330 e. The number of nitrogens with two attached hydrogens (primary N) is 1. The lowest BCUT2D eigenvalue weighted by Crippen LogP contribution is -2.17. The standard InChI is InChI=1S/C24H53NP.C4H6O2/c1-4-7-10-13-16-19-22-26(25,23-20-17-14-11-8-5-2)24-21-18-15-12-9-6-3;1-3(2)4(5)6/h4-25H2,1-3H3;1H2,2H3,(H,5,6)/q+1;. The van der Waals surface area contributed by atoms with E-state index in [1.807, 2.05) is 0 Å². The fraction of sp³-hybridized carbons (Fsp3) is 0.893. The van der Waals surface area contributed by atoms with Crippen molar-refractivity contribution in [3.8, 4) is 0 Å². The maximum Gasteiger partial charge on any atom is 0.330 e. The molecule has 0 bridgehead atoms. The second-order valence-corrected chi connectivity index (χ2v) is 13.6. The van der Waals surface area contributed by atoms with Crippen molar-refractivity contribution >= 4 is 13.4 Å². The number of carboxylic acids is 1. The van der Waals surface area contributed by atoms with Crippen LogP contribution in [0.25, 0.3) is 0 Å². The molecule has 0 heterocycles. The minimum atomic E-state index is -1.14. The minimum Gasteiger partial charge on any atom is -0.478 e. The van der Waals surface area contributed by atoms with Gasteiger partial charge in [-0.05, 0) is 45.4 Å². The molecular weight excluding hydrogens is 413 g/mol. The van der Waals surface area contributed by atoms with Crippen molar-refractivity contribution in [2.24, 2.45) is 5.50 Å². The lowest BCUT2D eigenvalue weighted by atomic mass is 10.1. The summed E-state index contributed by atoms with van der Waals surface area (Å²) < 4.78 is 0. The largest absolute Gasteiger partial charge is 0.478 e. The van der Waals surface area contributed by atoms with E-state index < -0.39 is 13.4 Å². The Morgan fingerprint density at radius 3 is 1.06 bits per heavy atom. The molecule has 0 saturated heterocycles. The number of unbranched alkanes of at least 4 members (excludes halogenated alkanes) is 15. The SMILES string of the molecule is C=C(C)C(=O)O.CCCCCCCC[P+](N)(CCCCCCCC)CCCCCCCC. The van der Waals surface area contributed by atoms with Gasteiger partial charge >= 0.3 is 5.97 Å². The number of carbonyl (C=O) groups is 1. The summed E-state index contributed by atoms with van der Waals surface area (Å²) in [7, 11) is -1.14. The molecule has 32 heavy (non-hydrogen) atoms. The van der Waals surface area contributed by atoms with Gasteiger partial charge in [0.15, 0.2) is 0 Å². The van der Waals surface area contributed by atoms with Gasteiger partial charge in [-0.1, -0.05) is 104 Å². The number of rotatable bonds is 22. The Labute approximate surface area is 202 Å². The van der Waals surface area contributed by atoms with Crippen LogP contribution in [-0.2, 0) is 4.79 Å². The maximum atomic E-state index is 9.60. The van der Waals surface area contributed by atoms with E-state index in [1.54, 1.807) is 0 Å². The van der Waals surface area contributed by atoms with Gasteiger partial charge in [-0.2, -0.15) is 0 Å². The highest BCUT2D eigenvalue weighted by Gasteiger charge is 2.30. The second-order valence-electron chi connectivity index (χ2n) is 9.78. The lowest BCUT2D eigenvalue weighted by Gasteiger charge is -2.23. The highest BCUT2D eigenvalue weighted by atomic mass is 31.2. The third kappa shape index (κ3) is 25.9. The predicted molar refractivity (Wildman–Crippen MR) is 148 cm³/mol. The average Bonchev–Trinajstić information content (AvgIpc) is 2.76. The van der Waals surface area contributed by atoms with Crippen LogP contribution in [0.1, 0.15) is 143 Å². The first-order valence-corrected chi connectivity index (χ1v) is 16.3. The number of aliphatic carboxylic acids is 1. The van der Waals surface area contributed by atoms with Crippen molar-refractivity contribution in [2.45, 2.75) is 143 Å². The van der Waals surface area contributed by atoms with Crippen LogP contribution < -0.4 is 5.50 Å². The summed E-state index contributed by atoms with van der Waals surface area (Å²) in [5.74, 6) is -0.935. The molecule has 0 unspecified atom stereocenters. The molecule has 0 radical (unpaired) electrons. The van der Waals surface area contributed by atoms with Crippen LogP contribution in [0.3, 0.4) is 0 Å². The van der Waals surface area contributed by atoms with Crippen molar-refractivity contribution in [1.82, 2.24) is 0 Å². The summed E-state index contributed by atoms with van der Waals surface area (Å²) in [6.45, 7) is 11.5. The van der Waals surface area contributed by atoms with E-state index in [1.165, 1.54) is 141 Å². The van der Waals surface area contributed by atoms with Crippen LogP contribution in [0.5, 0.6) is 0 Å². The van der Waals surface area contributed by atoms with E-state index in [0.717, 1.165) is 0 Å². The van der Waals surface area contributed by atoms with Gasteiger partial charge in [0.2, 0.25) is 0 Å². The van der Waals surface area contributed by atoms with Crippen LogP contribution >= 0.6 is 7.41 Å². The van der Waals surface area contributed by atoms with E-state index in [4.69, 9.17) is 10.6 Å². The fourth-order valence-corrected chi connectivity index (χ4v) is 7.19. The van der Waals surface area contributed by atoms with E-state index in [0.29, 0.717) is 0 Å². The van der Waals surface area contributed by atoms with Gasteiger partial charge < -0.3 is 5.11 Å². The highest BCUT2D eigenvalue weighted by molar-refractivity contribution is 7.73. The second kappa shape index (κ2) is 25.2. The Bertz CT molecular complexity index is 373. The molecule has 3 nitrogen and oxygen atoms in total. The summed E-state index contributed by atoms with van der Waals surface area (Å²) in [5, 5.41) is 7.89. The Morgan fingerprint density at radius 1 is 0.625 bits per heavy atom. The first-order chi connectivity index (χ1) is 15.3. The predicted octanol–water partition coefficient (Wildman–Crippen LogP) is 9.61. The molecule has 0 amide bonds. The molecule has 0 aliphatic carbocycles. The zero-order valence-electron chi connectivity index (χ0n) is 22.4. The van der Waals surface area contributed by atoms with Crippen LogP contribution in [0, 0.1) is 0 Å². The molecule has 0 aliphatic heterocycles. The summed E-state index contributed by atoms with van der Waals surface area (Å²) in [4.78, 5) is 9.60. The zero-order valence-corrected chi connectivity index (χ0v) is 23.3. The molecule has 192 valence electrons. The molecule has 0 rings (SSSR count). The zero-order chi connectivity index (χ0) is 24.5. The van der Waals surface area contributed by atoms with E-state index >= 15 is 0 Å². The molecule has 3 N–H and O–H groups in total. The summed E-state index contributed by atoms with van der Waals surface area (Å²) in [6, 6.07) is 0. The molecule has 0 saturated carbocycles. The Morgan fingerprint density at radius 2 is 0.844 bits per heavy atom. The molecule has 0 aliphatic rings. The topological polar surface area (TPSA) is 63.3 Å². The third-order valence-corrected chi connectivity index (χ3v) is 9.86. The summed E-state index contributed by atoms with van der Waals surface area (Å²) >= 11 is 0. The number of hydrogen-bond donors (Lipinski definition) is 2. The molecule has 4 heteroatoms. The minimum absolute atomic E-state index is 0.176. The fourth-order valence-electron chi connectivity index (χ4n) is 3.96. The molecule has 0 aromatic heterocycles. The van der Waals surface area contributed by atoms with Crippen LogP contribution in [0.15, 0.2) is 12.2 Å². The summed E-state index contributed by atoms with van der Waals surface area (Å²) in [5.41, 5.74) is 7.21. The summed E-state index contributed by atoms with van der Waals surface area (Å²) in [6.07, 6.45) is 29.5. The van der Waals surface area contributed by atoms with Gasteiger partial charge in [0.05, 0.1) is 25.9 Å². The molecule has 0 fully saturated rings. The quantitative estimate of drug-likeness (QED) is 0.0936. The third-order valence-electron chi connectivity index (χ3n) is 6.24. The highest BCUT2D eigenvalue weighted by Crippen LogP contribution is 2.53.